The fraction of sp³-hybridized carbons (Fsp3) is 0.211. The molecule has 0 saturated heterocycles. The normalized spacial score (nSPS) is 10.6. The predicted molar refractivity (Wildman–Crippen MR) is 104 cm³/mol. The van der Waals surface area contributed by atoms with E-state index in [1.807, 2.05) is 48.5 Å². The largest absolute Gasteiger partial charge is 0.300 e. The zero-order valence-corrected chi connectivity index (χ0v) is 15.4. The number of rotatable bonds is 8. The maximum atomic E-state index is 12.0. The average molecular weight is 370 g/mol. The van der Waals surface area contributed by atoms with Crippen LogP contribution in [0.1, 0.15) is 17.5 Å². The molecule has 0 fully saturated rings. The summed E-state index contributed by atoms with van der Waals surface area (Å²) in [6.07, 6.45) is 2.16. The van der Waals surface area contributed by atoms with Crippen molar-refractivity contribution in [1.82, 2.24) is 10.2 Å². The Labute approximate surface area is 155 Å². The Kier molecular flexibility index (Phi) is 6.59. The van der Waals surface area contributed by atoms with E-state index in [1.165, 1.54) is 16.9 Å². The molecule has 1 amide bonds. The van der Waals surface area contributed by atoms with Gasteiger partial charge in [-0.25, -0.2) is 0 Å². The fourth-order valence-electron chi connectivity index (χ4n) is 2.30. The average Bonchev–Trinajstić information content (AvgIpc) is 3.09. The molecule has 128 valence electrons. The SMILES string of the molecule is O=C(CCc1ccccc1)Nc1nnc(SCCc2ccccc2)s1. The number of carbonyl (C=O) groups excluding carboxylic acids is 1. The van der Waals surface area contributed by atoms with Gasteiger partial charge in [0, 0.05) is 12.2 Å². The second-order valence-electron chi connectivity index (χ2n) is 5.49. The number of aryl methyl sites for hydroxylation is 2. The first-order valence-electron chi connectivity index (χ1n) is 8.13. The summed E-state index contributed by atoms with van der Waals surface area (Å²) in [5.74, 6) is 0.918. The van der Waals surface area contributed by atoms with Crippen LogP contribution in [0.3, 0.4) is 0 Å². The lowest BCUT2D eigenvalue weighted by molar-refractivity contribution is -0.116. The fourth-order valence-corrected chi connectivity index (χ4v) is 4.13. The van der Waals surface area contributed by atoms with Crippen molar-refractivity contribution in [2.45, 2.75) is 23.6 Å². The second-order valence-corrected chi connectivity index (χ2v) is 7.81. The van der Waals surface area contributed by atoms with Crippen molar-refractivity contribution in [2.24, 2.45) is 0 Å². The van der Waals surface area contributed by atoms with Crippen LogP contribution in [0.15, 0.2) is 65.0 Å². The molecule has 0 bridgehead atoms. The van der Waals surface area contributed by atoms with Gasteiger partial charge >= 0.3 is 0 Å². The maximum Gasteiger partial charge on any atom is 0.226 e. The van der Waals surface area contributed by atoms with Gasteiger partial charge in [0.25, 0.3) is 0 Å². The second kappa shape index (κ2) is 9.34. The monoisotopic (exact) mass is 369 g/mol. The van der Waals surface area contributed by atoms with Gasteiger partial charge in [0.15, 0.2) is 4.34 Å². The summed E-state index contributed by atoms with van der Waals surface area (Å²) in [5.41, 5.74) is 2.47. The van der Waals surface area contributed by atoms with E-state index in [2.05, 4.69) is 27.6 Å². The van der Waals surface area contributed by atoms with E-state index in [1.54, 1.807) is 11.8 Å². The van der Waals surface area contributed by atoms with Crippen molar-refractivity contribution < 1.29 is 4.79 Å². The van der Waals surface area contributed by atoms with Crippen molar-refractivity contribution in [3.05, 3.63) is 71.8 Å². The number of thioether (sulfide) groups is 1. The van der Waals surface area contributed by atoms with Crippen LogP contribution in [0.25, 0.3) is 0 Å². The highest BCUT2D eigenvalue weighted by Gasteiger charge is 2.09. The molecule has 0 atom stereocenters. The molecule has 1 aromatic heterocycles. The third-order valence-electron chi connectivity index (χ3n) is 3.60. The van der Waals surface area contributed by atoms with E-state index in [4.69, 9.17) is 0 Å². The highest BCUT2D eigenvalue weighted by atomic mass is 32.2. The number of hydrogen-bond acceptors (Lipinski definition) is 5. The molecule has 3 rings (SSSR count). The molecule has 0 saturated carbocycles. The third kappa shape index (κ3) is 5.99. The van der Waals surface area contributed by atoms with Crippen LogP contribution in [-0.4, -0.2) is 21.9 Å². The Balaban J connectivity index is 1.41. The molecule has 2 aromatic carbocycles. The molecule has 3 aromatic rings. The summed E-state index contributed by atoms with van der Waals surface area (Å²) < 4.78 is 0.884. The molecular formula is C19H19N3OS2. The maximum absolute atomic E-state index is 12.0. The zero-order valence-electron chi connectivity index (χ0n) is 13.7. The Morgan fingerprint density at radius 3 is 2.24 bits per heavy atom. The molecular weight excluding hydrogens is 350 g/mol. The van der Waals surface area contributed by atoms with Crippen molar-refractivity contribution in [2.75, 3.05) is 11.1 Å². The summed E-state index contributed by atoms with van der Waals surface area (Å²) in [6, 6.07) is 20.4. The standard InChI is InChI=1S/C19H19N3OS2/c23-17(12-11-15-7-3-1-4-8-15)20-18-21-22-19(25-18)24-14-13-16-9-5-2-6-10-16/h1-10H,11-14H2,(H,20,21,23). The molecule has 0 spiro atoms. The Morgan fingerprint density at radius 1 is 0.920 bits per heavy atom. The van der Waals surface area contributed by atoms with Gasteiger partial charge in [0.05, 0.1) is 0 Å². The van der Waals surface area contributed by atoms with E-state index in [0.717, 1.165) is 28.5 Å². The highest BCUT2D eigenvalue weighted by molar-refractivity contribution is 8.01. The van der Waals surface area contributed by atoms with Gasteiger partial charge in [-0.1, -0.05) is 83.8 Å². The Morgan fingerprint density at radius 2 is 1.56 bits per heavy atom. The van der Waals surface area contributed by atoms with Crippen molar-refractivity contribution >= 4 is 34.1 Å². The summed E-state index contributed by atoms with van der Waals surface area (Å²) in [7, 11) is 0. The molecule has 1 heterocycles. The Hall–Kier alpha value is -2.18. The highest BCUT2D eigenvalue weighted by Crippen LogP contribution is 2.26. The van der Waals surface area contributed by atoms with Gasteiger partial charge in [-0.3, -0.25) is 4.79 Å². The minimum atomic E-state index is -0.0270. The van der Waals surface area contributed by atoms with E-state index < -0.39 is 0 Å². The van der Waals surface area contributed by atoms with E-state index in [0.29, 0.717) is 11.6 Å². The lowest BCUT2D eigenvalue weighted by atomic mass is 10.1. The number of nitrogens with zero attached hydrogens (tertiary/aromatic N) is 2. The molecule has 1 N–H and O–H groups in total. The number of anilines is 1. The van der Waals surface area contributed by atoms with Crippen LogP contribution < -0.4 is 5.32 Å². The summed E-state index contributed by atoms with van der Waals surface area (Å²) >= 11 is 3.09. The van der Waals surface area contributed by atoms with Crippen LogP contribution in [0.2, 0.25) is 0 Å². The molecule has 0 aliphatic heterocycles. The van der Waals surface area contributed by atoms with Crippen LogP contribution in [-0.2, 0) is 17.6 Å². The first kappa shape index (κ1) is 17.6. The first-order chi connectivity index (χ1) is 12.3. The lowest BCUT2D eigenvalue weighted by Gasteiger charge is -2.01. The Bertz CT molecular complexity index is 791. The molecule has 6 heteroatoms. The number of amides is 1. The van der Waals surface area contributed by atoms with E-state index in [-0.39, 0.29) is 5.91 Å². The van der Waals surface area contributed by atoms with Crippen LogP contribution >= 0.6 is 23.1 Å². The quantitative estimate of drug-likeness (QED) is 0.471. The van der Waals surface area contributed by atoms with Crippen LogP contribution in [0.5, 0.6) is 0 Å². The van der Waals surface area contributed by atoms with E-state index >= 15 is 0 Å². The van der Waals surface area contributed by atoms with Crippen LogP contribution in [0, 0.1) is 0 Å². The topological polar surface area (TPSA) is 54.9 Å². The summed E-state index contributed by atoms with van der Waals surface area (Å²) in [5, 5.41) is 11.6. The van der Waals surface area contributed by atoms with Crippen LogP contribution in [0.4, 0.5) is 5.13 Å². The minimum Gasteiger partial charge on any atom is -0.300 e. The molecule has 0 aliphatic rings. The van der Waals surface area contributed by atoms with Gasteiger partial charge in [-0.15, -0.1) is 10.2 Å². The lowest BCUT2D eigenvalue weighted by Crippen LogP contribution is -2.12. The molecule has 0 unspecified atom stereocenters. The third-order valence-corrected chi connectivity index (χ3v) is 5.57. The smallest absolute Gasteiger partial charge is 0.226 e. The van der Waals surface area contributed by atoms with Gasteiger partial charge in [0.1, 0.15) is 0 Å². The zero-order chi connectivity index (χ0) is 17.3. The van der Waals surface area contributed by atoms with Crippen molar-refractivity contribution in [1.29, 1.82) is 0 Å². The number of hydrogen-bond donors (Lipinski definition) is 1. The summed E-state index contributed by atoms with van der Waals surface area (Å²) in [4.78, 5) is 12.0. The van der Waals surface area contributed by atoms with Crippen molar-refractivity contribution in [3.63, 3.8) is 0 Å². The number of nitrogens with one attached hydrogen (secondary N) is 1. The predicted octanol–water partition coefficient (Wildman–Crippen LogP) is 4.44. The van der Waals surface area contributed by atoms with Crippen molar-refractivity contribution in [3.8, 4) is 0 Å². The molecule has 0 radical (unpaired) electrons. The molecule has 4 nitrogen and oxygen atoms in total. The van der Waals surface area contributed by atoms with E-state index in [9.17, 15) is 4.79 Å². The number of benzene rings is 2. The summed E-state index contributed by atoms with van der Waals surface area (Å²) in [6.45, 7) is 0. The first-order valence-corrected chi connectivity index (χ1v) is 9.94. The van der Waals surface area contributed by atoms with Gasteiger partial charge < -0.3 is 5.32 Å². The van der Waals surface area contributed by atoms with Gasteiger partial charge in [-0.2, -0.15) is 0 Å². The number of aromatic nitrogens is 2. The molecule has 0 aliphatic carbocycles. The minimum absolute atomic E-state index is 0.0270. The van der Waals surface area contributed by atoms with Gasteiger partial charge in [0.2, 0.25) is 11.0 Å². The number of carbonyl (C=O) groups is 1. The molecule has 25 heavy (non-hydrogen) atoms. The van der Waals surface area contributed by atoms with Gasteiger partial charge in [-0.05, 0) is 24.0 Å².